The van der Waals surface area contributed by atoms with E-state index in [1.54, 1.807) is 0 Å². The molecule has 0 N–H and O–H groups in total. The van der Waals surface area contributed by atoms with Gasteiger partial charge in [0.1, 0.15) is 47.7 Å². The number of aryl methyl sites for hydroxylation is 10. The number of benzene rings is 8. The predicted molar refractivity (Wildman–Crippen MR) is 380 cm³/mol. The highest BCUT2D eigenvalue weighted by atomic mass is 28.4. The van der Waals surface area contributed by atoms with Gasteiger partial charge in [0.15, 0.2) is 16.6 Å². The van der Waals surface area contributed by atoms with Gasteiger partial charge in [-0.1, -0.05) is 170 Å². The SMILES string of the molecule is CCCC[Si](C)(C)O[Si](C)(C)CCCC.Cc1ccc(OCCOc2ccc(C)cc2)cc1.Cc1ccc(Oc2c(C)cc(-c3cc(C)c(Oc4ccc(C)cc4)c(C)c3)cc2C)cc1.Cc1ccc([Si](C)(C)O[Si](C)(C)c2ccc(C)cc2)cc1. The molecular formula is C76H104O6Si4. The van der Waals surface area contributed by atoms with Crippen molar-refractivity contribution in [2.75, 3.05) is 13.2 Å². The van der Waals surface area contributed by atoms with Crippen LogP contribution in [0.25, 0.3) is 11.1 Å². The summed E-state index contributed by atoms with van der Waals surface area (Å²) in [5.74, 6) is 5.33. The molecular weight excluding hydrogens is 1120 g/mol. The van der Waals surface area contributed by atoms with Gasteiger partial charge in [0.05, 0.1) is 0 Å². The van der Waals surface area contributed by atoms with E-state index in [1.165, 1.54) is 92.7 Å². The molecule has 6 nitrogen and oxygen atoms in total. The largest absolute Gasteiger partial charge is 0.490 e. The third-order valence-corrected chi connectivity index (χ3v) is 30.3. The predicted octanol–water partition coefficient (Wildman–Crippen LogP) is 21.4. The van der Waals surface area contributed by atoms with Gasteiger partial charge in [-0.3, -0.25) is 0 Å². The van der Waals surface area contributed by atoms with Crippen LogP contribution in [0.15, 0.2) is 170 Å². The lowest BCUT2D eigenvalue weighted by molar-refractivity contribution is 0.217. The molecule has 8 rings (SSSR count). The average Bonchev–Trinajstić information content (AvgIpc) is 2.83. The van der Waals surface area contributed by atoms with Crippen LogP contribution in [0.3, 0.4) is 0 Å². The highest BCUT2D eigenvalue weighted by molar-refractivity contribution is 6.96. The maximum atomic E-state index is 6.75. The molecule has 0 bridgehead atoms. The summed E-state index contributed by atoms with van der Waals surface area (Å²) in [6, 6.07) is 61.6. The highest BCUT2D eigenvalue weighted by Gasteiger charge is 2.36. The molecule has 0 aliphatic rings. The topological polar surface area (TPSA) is 55.4 Å². The van der Waals surface area contributed by atoms with Crippen molar-refractivity contribution in [2.45, 2.75) is 173 Å². The molecule has 0 saturated carbocycles. The first-order chi connectivity index (χ1) is 40.6. The van der Waals surface area contributed by atoms with Crippen LogP contribution in [-0.2, 0) is 8.23 Å². The van der Waals surface area contributed by atoms with Crippen LogP contribution < -0.4 is 29.3 Å². The minimum atomic E-state index is -1.87. The fourth-order valence-electron chi connectivity index (χ4n) is 10.3. The Kier molecular flexibility index (Phi) is 27.2. The number of hydrogen-bond acceptors (Lipinski definition) is 6. The molecule has 0 aromatic heterocycles. The highest BCUT2D eigenvalue weighted by Crippen LogP contribution is 2.37. The summed E-state index contributed by atoms with van der Waals surface area (Å²) in [5, 5.41) is 2.75. The number of hydrogen-bond donors (Lipinski definition) is 0. The van der Waals surface area contributed by atoms with Gasteiger partial charge in [0, 0.05) is 0 Å². The van der Waals surface area contributed by atoms with Crippen LogP contribution in [0, 0.1) is 69.2 Å². The maximum Gasteiger partial charge on any atom is 0.206 e. The molecule has 0 radical (unpaired) electrons. The minimum Gasteiger partial charge on any atom is -0.490 e. The molecule has 0 unspecified atom stereocenters. The first kappa shape index (κ1) is 70.5. The Bertz CT molecular complexity index is 3030. The van der Waals surface area contributed by atoms with E-state index in [0.29, 0.717) is 13.2 Å². The normalized spacial score (nSPS) is 11.5. The Labute approximate surface area is 525 Å². The minimum absolute atomic E-state index is 0.553. The van der Waals surface area contributed by atoms with E-state index in [0.717, 1.165) is 56.8 Å². The maximum absolute atomic E-state index is 6.75. The Morgan fingerprint density at radius 1 is 0.302 bits per heavy atom. The second-order valence-electron chi connectivity index (χ2n) is 25.7. The van der Waals surface area contributed by atoms with Crippen molar-refractivity contribution in [3.63, 3.8) is 0 Å². The van der Waals surface area contributed by atoms with E-state index >= 15 is 0 Å². The standard InChI is InChI=1S/C30H30O2.C18H26OSi2.C16H18O2.C12H30OSi2/c1-19-7-11-27(12-8-19)31-29-21(3)15-25(16-22(29)4)26-17-23(5)30(24(6)18-26)32-28-13-9-20(2)10-14-28;1-15-7-11-17(12-8-15)20(3,4)19-21(5,6)18-13-9-16(2)10-14-18;1-13-3-7-15(8-4-13)17-11-12-18-16-9-5-14(2)6-10-16;1-7-9-11-14(3,4)13-15(5,6)12-10-8-2/h7-18H,1-6H3;7-14H,1-6H3;3-10H,11-12H2,1-2H3;7-12H2,1-6H3. The van der Waals surface area contributed by atoms with Gasteiger partial charge >= 0.3 is 0 Å². The van der Waals surface area contributed by atoms with E-state index in [1.807, 2.05) is 72.8 Å². The molecule has 0 aliphatic carbocycles. The van der Waals surface area contributed by atoms with E-state index in [9.17, 15) is 0 Å². The van der Waals surface area contributed by atoms with Crippen molar-refractivity contribution in [2.24, 2.45) is 0 Å². The van der Waals surface area contributed by atoms with E-state index in [-0.39, 0.29) is 0 Å². The molecule has 0 aliphatic heterocycles. The van der Waals surface area contributed by atoms with Crippen LogP contribution in [0.4, 0.5) is 0 Å². The fourth-order valence-corrected chi connectivity index (χ4v) is 27.5. The van der Waals surface area contributed by atoms with E-state index < -0.39 is 33.3 Å². The summed E-state index contributed by atoms with van der Waals surface area (Å²) in [6.45, 7) is 45.4. The van der Waals surface area contributed by atoms with E-state index in [4.69, 9.17) is 27.2 Å². The Morgan fingerprint density at radius 3 is 0.802 bits per heavy atom. The summed E-state index contributed by atoms with van der Waals surface area (Å²) < 4.78 is 36.8. The van der Waals surface area contributed by atoms with Gasteiger partial charge < -0.3 is 27.2 Å². The summed E-state index contributed by atoms with van der Waals surface area (Å²) in [6.07, 6.45) is 5.29. The van der Waals surface area contributed by atoms with Crippen LogP contribution >= 0.6 is 0 Å². The molecule has 0 atom stereocenters. The van der Waals surface area contributed by atoms with Crippen molar-refractivity contribution in [3.8, 4) is 45.6 Å². The average molecular weight is 1230 g/mol. The van der Waals surface area contributed by atoms with Gasteiger partial charge in [0.25, 0.3) is 0 Å². The third-order valence-electron chi connectivity index (χ3n) is 15.2. The third kappa shape index (κ3) is 23.8. The zero-order chi connectivity index (χ0) is 63.2. The molecule has 0 fully saturated rings. The summed E-state index contributed by atoms with van der Waals surface area (Å²) in [7, 11) is -6.44. The second kappa shape index (κ2) is 33.2. The lowest BCUT2D eigenvalue weighted by Gasteiger charge is -2.34. The van der Waals surface area contributed by atoms with Gasteiger partial charge in [-0.05, 0) is 250 Å². The first-order valence-electron chi connectivity index (χ1n) is 31.2. The van der Waals surface area contributed by atoms with Gasteiger partial charge in [-0.25, -0.2) is 0 Å². The molecule has 8 aromatic carbocycles. The fraction of sp³-hybridized carbons (Fsp3) is 0.368. The Hall–Kier alpha value is -6.25. The van der Waals surface area contributed by atoms with Crippen LogP contribution in [0.5, 0.6) is 34.5 Å². The molecule has 0 heterocycles. The Balaban J connectivity index is 0.000000219. The molecule has 86 heavy (non-hydrogen) atoms. The molecule has 0 amide bonds. The van der Waals surface area contributed by atoms with Crippen molar-refractivity contribution < 1.29 is 27.2 Å². The summed E-state index contributed by atoms with van der Waals surface area (Å²) in [4.78, 5) is 0. The van der Waals surface area contributed by atoms with Crippen LogP contribution in [0.2, 0.25) is 64.5 Å². The molecule has 460 valence electrons. The summed E-state index contributed by atoms with van der Waals surface area (Å²) in [5.41, 5.74) is 14.4. The van der Waals surface area contributed by atoms with Crippen molar-refractivity contribution in [3.05, 3.63) is 225 Å². The zero-order valence-electron chi connectivity index (χ0n) is 56.3. The first-order valence-corrected chi connectivity index (χ1v) is 43.3. The molecule has 0 spiro atoms. The van der Waals surface area contributed by atoms with Crippen LogP contribution in [0.1, 0.15) is 95.2 Å². The lowest BCUT2D eigenvalue weighted by Crippen LogP contribution is -2.57. The lowest BCUT2D eigenvalue weighted by atomic mass is 9.96. The number of rotatable bonds is 22. The second-order valence-corrected chi connectivity index (χ2v) is 42.6. The van der Waals surface area contributed by atoms with Gasteiger partial charge in [0.2, 0.25) is 16.6 Å². The van der Waals surface area contributed by atoms with Crippen molar-refractivity contribution in [1.82, 2.24) is 0 Å². The van der Waals surface area contributed by atoms with Crippen LogP contribution in [-0.4, -0.2) is 46.5 Å². The monoisotopic (exact) mass is 1220 g/mol. The van der Waals surface area contributed by atoms with Crippen molar-refractivity contribution in [1.29, 1.82) is 0 Å². The quantitative estimate of drug-likeness (QED) is 0.0498. The van der Waals surface area contributed by atoms with E-state index in [2.05, 4.69) is 233 Å². The smallest absolute Gasteiger partial charge is 0.206 e. The molecule has 0 saturated heterocycles. The zero-order valence-corrected chi connectivity index (χ0v) is 60.3. The molecule has 10 heteroatoms. The van der Waals surface area contributed by atoms with Crippen molar-refractivity contribution >= 4 is 43.6 Å². The van der Waals surface area contributed by atoms with Gasteiger partial charge in [-0.15, -0.1) is 0 Å². The summed E-state index contributed by atoms with van der Waals surface area (Å²) >= 11 is 0. The van der Waals surface area contributed by atoms with Gasteiger partial charge in [-0.2, -0.15) is 0 Å². The molecule has 8 aromatic rings. The number of unbranched alkanes of at least 4 members (excludes halogenated alkanes) is 2. The number of ether oxygens (including phenoxy) is 4. The Morgan fingerprint density at radius 2 is 0.547 bits per heavy atom.